The highest BCUT2D eigenvalue weighted by atomic mass is 79.9. The molecule has 0 spiro atoms. The van der Waals surface area contributed by atoms with Crippen molar-refractivity contribution in [1.29, 1.82) is 0 Å². The maximum Gasteiger partial charge on any atom is 0.244 e. The number of hydrogen-bond donors (Lipinski definition) is 0. The summed E-state index contributed by atoms with van der Waals surface area (Å²) in [5, 5.41) is 0. The van der Waals surface area contributed by atoms with Crippen molar-refractivity contribution in [3.05, 3.63) is 53.0 Å². The molecule has 7 heteroatoms. The normalized spacial score (nSPS) is 11.8. The zero-order chi connectivity index (χ0) is 14.6. The summed E-state index contributed by atoms with van der Waals surface area (Å²) in [6, 6.07) is 6.98. The van der Waals surface area contributed by atoms with Gasteiger partial charge in [0.15, 0.2) is 0 Å². The Morgan fingerprint density at radius 1 is 1.30 bits per heavy atom. The third kappa shape index (κ3) is 3.41. The minimum atomic E-state index is -3.57. The first-order valence-corrected chi connectivity index (χ1v) is 8.28. The summed E-state index contributed by atoms with van der Waals surface area (Å²) in [6.45, 7) is 2.41. The minimum Gasteiger partial charge on any atom is -0.262 e. The van der Waals surface area contributed by atoms with Gasteiger partial charge in [0.05, 0.1) is 12.2 Å². The van der Waals surface area contributed by atoms with Crippen LogP contribution in [-0.4, -0.2) is 29.2 Å². The molecule has 106 valence electrons. The largest absolute Gasteiger partial charge is 0.262 e. The number of aromatic nitrogens is 2. The Hall–Kier alpha value is -1.31. The summed E-state index contributed by atoms with van der Waals surface area (Å²) in [6.07, 6.45) is 4.55. The van der Waals surface area contributed by atoms with Gasteiger partial charge in [0, 0.05) is 29.6 Å². The van der Waals surface area contributed by atoms with Gasteiger partial charge in [0.1, 0.15) is 4.90 Å². The highest BCUT2D eigenvalue weighted by Crippen LogP contribution is 2.19. The lowest BCUT2D eigenvalue weighted by Gasteiger charge is -2.20. The average Bonchev–Trinajstić information content (AvgIpc) is 2.45. The lowest BCUT2D eigenvalue weighted by Crippen LogP contribution is -2.30. The fraction of sp³-hybridized carbons (Fsp3) is 0.231. The van der Waals surface area contributed by atoms with E-state index in [1.165, 1.54) is 10.5 Å². The van der Waals surface area contributed by atoms with Crippen LogP contribution in [0.1, 0.15) is 12.6 Å². The number of pyridine rings is 2. The second-order valence-corrected chi connectivity index (χ2v) is 6.94. The van der Waals surface area contributed by atoms with Gasteiger partial charge in [-0.15, -0.1) is 0 Å². The molecule has 0 aromatic carbocycles. The molecule has 0 atom stereocenters. The maximum absolute atomic E-state index is 12.6. The van der Waals surface area contributed by atoms with Crippen molar-refractivity contribution in [1.82, 2.24) is 14.3 Å². The van der Waals surface area contributed by atoms with Gasteiger partial charge in [-0.2, -0.15) is 4.31 Å². The van der Waals surface area contributed by atoms with E-state index in [0.717, 1.165) is 0 Å². The molecule has 0 N–H and O–H groups in total. The van der Waals surface area contributed by atoms with E-state index in [9.17, 15) is 8.42 Å². The number of rotatable bonds is 5. The van der Waals surface area contributed by atoms with E-state index in [2.05, 4.69) is 25.9 Å². The van der Waals surface area contributed by atoms with Gasteiger partial charge in [0.25, 0.3) is 0 Å². The van der Waals surface area contributed by atoms with Crippen molar-refractivity contribution in [2.24, 2.45) is 0 Å². The van der Waals surface area contributed by atoms with Crippen molar-refractivity contribution >= 4 is 26.0 Å². The lowest BCUT2D eigenvalue weighted by atomic mass is 10.3. The molecule has 0 aliphatic carbocycles. The van der Waals surface area contributed by atoms with Crippen LogP contribution in [-0.2, 0) is 16.6 Å². The monoisotopic (exact) mass is 355 g/mol. The molecule has 0 aliphatic heterocycles. The van der Waals surface area contributed by atoms with Crippen LogP contribution in [0.3, 0.4) is 0 Å². The molecule has 2 heterocycles. The first-order chi connectivity index (χ1) is 9.54. The molecule has 2 aromatic heterocycles. The molecule has 0 fully saturated rings. The first kappa shape index (κ1) is 15.1. The summed E-state index contributed by atoms with van der Waals surface area (Å²) in [7, 11) is -3.57. The van der Waals surface area contributed by atoms with Crippen LogP contribution in [0.2, 0.25) is 0 Å². The fourth-order valence-corrected chi connectivity index (χ4v) is 3.65. The predicted molar refractivity (Wildman–Crippen MR) is 79.4 cm³/mol. The van der Waals surface area contributed by atoms with Gasteiger partial charge < -0.3 is 0 Å². The first-order valence-electron chi connectivity index (χ1n) is 6.04. The summed E-state index contributed by atoms with van der Waals surface area (Å²) < 4.78 is 27.1. The van der Waals surface area contributed by atoms with Crippen LogP contribution in [0.4, 0.5) is 0 Å². The number of sulfonamides is 1. The van der Waals surface area contributed by atoms with Crippen LogP contribution in [0.15, 0.2) is 52.2 Å². The van der Waals surface area contributed by atoms with Crippen LogP contribution in [0.25, 0.3) is 0 Å². The third-order valence-corrected chi connectivity index (χ3v) is 5.05. The van der Waals surface area contributed by atoms with Crippen LogP contribution in [0, 0.1) is 0 Å². The summed E-state index contributed by atoms with van der Waals surface area (Å²) in [4.78, 5) is 8.24. The second-order valence-electron chi connectivity index (χ2n) is 4.09. The van der Waals surface area contributed by atoms with Crippen molar-refractivity contribution < 1.29 is 8.42 Å². The van der Waals surface area contributed by atoms with E-state index in [1.807, 2.05) is 6.07 Å². The Bertz CT molecular complexity index is 677. The molecule has 20 heavy (non-hydrogen) atoms. The Balaban J connectivity index is 2.31. The summed E-state index contributed by atoms with van der Waals surface area (Å²) in [5.74, 6) is 0. The van der Waals surface area contributed by atoms with Gasteiger partial charge in [-0.3, -0.25) is 9.97 Å². The molecule has 2 rings (SSSR count). The van der Waals surface area contributed by atoms with Gasteiger partial charge in [-0.1, -0.05) is 13.0 Å². The van der Waals surface area contributed by atoms with Gasteiger partial charge in [-0.25, -0.2) is 8.42 Å². The van der Waals surface area contributed by atoms with E-state index in [0.29, 0.717) is 16.7 Å². The highest BCUT2D eigenvalue weighted by molar-refractivity contribution is 9.10. The van der Waals surface area contributed by atoms with Crippen molar-refractivity contribution in [2.75, 3.05) is 6.54 Å². The Labute approximate surface area is 126 Å². The molecule has 0 bridgehead atoms. The van der Waals surface area contributed by atoms with E-state index >= 15 is 0 Å². The molecular formula is C13H14BrN3O2S. The Kier molecular flexibility index (Phi) is 4.85. The molecule has 2 aromatic rings. The van der Waals surface area contributed by atoms with Crippen molar-refractivity contribution in [2.45, 2.75) is 18.4 Å². The standard InChI is InChI=1S/C13H14BrN3O2S/c1-2-17(10-12-5-3-4-6-16-12)20(18,19)13-7-11(14)8-15-9-13/h3-9H,2,10H2,1H3. The SMILES string of the molecule is CCN(Cc1ccccn1)S(=O)(=O)c1cncc(Br)c1. The van der Waals surface area contributed by atoms with Crippen molar-refractivity contribution in [3.63, 3.8) is 0 Å². The van der Waals surface area contributed by atoms with Crippen LogP contribution >= 0.6 is 15.9 Å². The van der Waals surface area contributed by atoms with E-state index < -0.39 is 10.0 Å². The maximum atomic E-state index is 12.6. The lowest BCUT2D eigenvalue weighted by molar-refractivity contribution is 0.419. The topological polar surface area (TPSA) is 63.2 Å². The predicted octanol–water partition coefficient (Wildman–Crippen LogP) is 2.45. The summed E-state index contributed by atoms with van der Waals surface area (Å²) in [5.41, 5.74) is 0.709. The Morgan fingerprint density at radius 3 is 2.70 bits per heavy atom. The average molecular weight is 356 g/mol. The molecule has 5 nitrogen and oxygen atoms in total. The van der Waals surface area contributed by atoms with Gasteiger partial charge in [-0.05, 0) is 34.1 Å². The molecule has 0 radical (unpaired) electrons. The number of nitrogens with zero attached hydrogens (tertiary/aromatic N) is 3. The molecular weight excluding hydrogens is 342 g/mol. The third-order valence-electron chi connectivity index (χ3n) is 2.73. The smallest absolute Gasteiger partial charge is 0.244 e. The van der Waals surface area contributed by atoms with Gasteiger partial charge in [0.2, 0.25) is 10.0 Å². The van der Waals surface area contributed by atoms with E-state index in [-0.39, 0.29) is 11.4 Å². The molecule has 0 unspecified atom stereocenters. The summed E-state index contributed by atoms with van der Waals surface area (Å²) >= 11 is 3.23. The fourth-order valence-electron chi connectivity index (χ4n) is 1.72. The Morgan fingerprint density at radius 2 is 2.10 bits per heavy atom. The molecule has 0 amide bonds. The zero-order valence-electron chi connectivity index (χ0n) is 10.9. The van der Waals surface area contributed by atoms with Crippen LogP contribution < -0.4 is 0 Å². The number of hydrogen-bond acceptors (Lipinski definition) is 4. The number of halogens is 1. The molecule has 0 saturated carbocycles. The zero-order valence-corrected chi connectivity index (χ0v) is 13.3. The quantitative estimate of drug-likeness (QED) is 0.826. The molecule has 0 aliphatic rings. The highest BCUT2D eigenvalue weighted by Gasteiger charge is 2.24. The van der Waals surface area contributed by atoms with Crippen molar-refractivity contribution in [3.8, 4) is 0 Å². The van der Waals surface area contributed by atoms with Crippen LogP contribution in [0.5, 0.6) is 0 Å². The van der Waals surface area contributed by atoms with E-state index in [1.54, 1.807) is 37.5 Å². The van der Waals surface area contributed by atoms with Gasteiger partial charge >= 0.3 is 0 Å². The molecule has 0 saturated heterocycles. The minimum absolute atomic E-state index is 0.171. The van der Waals surface area contributed by atoms with E-state index in [4.69, 9.17) is 0 Å². The second kappa shape index (κ2) is 6.43.